The molecule has 0 amide bonds. The average Bonchev–Trinajstić information content (AvgIpc) is 1.80. The van der Waals surface area contributed by atoms with Crippen LogP contribution in [0.4, 0.5) is 0 Å². The first kappa shape index (κ1) is 9.27. The van der Waals surface area contributed by atoms with Crippen LogP contribution >= 0.6 is 11.8 Å². The number of rotatable bonds is 5. The van der Waals surface area contributed by atoms with Crippen LogP contribution in [0.5, 0.6) is 0 Å². The molecule has 0 spiro atoms. The maximum Gasteiger partial charge on any atom is 0.0602 e. The SMILES string of the molecule is COCCSC[C@H](C)O. The molecule has 0 saturated heterocycles. The van der Waals surface area contributed by atoms with Gasteiger partial charge in [-0.05, 0) is 6.92 Å². The van der Waals surface area contributed by atoms with Crippen molar-refractivity contribution in [2.24, 2.45) is 0 Å². The summed E-state index contributed by atoms with van der Waals surface area (Å²) in [7, 11) is 1.68. The lowest BCUT2D eigenvalue weighted by Crippen LogP contribution is -2.04. The van der Waals surface area contributed by atoms with Gasteiger partial charge in [0.05, 0.1) is 12.7 Å². The van der Waals surface area contributed by atoms with Crippen LogP contribution in [0.1, 0.15) is 6.92 Å². The number of methoxy groups -OCH3 is 1. The zero-order chi connectivity index (χ0) is 7.11. The van der Waals surface area contributed by atoms with Crippen molar-refractivity contribution in [3.05, 3.63) is 0 Å². The highest BCUT2D eigenvalue weighted by Gasteiger charge is 1.93. The Labute approximate surface area is 60.6 Å². The van der Waals surface area contributed by atoms with Gasteiger partial charge in [-0.2, -0.15) is 11.8 Å². The molecule has 0 aromatic heterocycles. The first-order chi connectivity index (χ1) is 4.27. The topological polar surface area (TPSA) is 29.5 Å². The summed E-state index contributed by atoms with van der Waals surface area (Å²) in [5, 5.41) is 8.79. The van der Waals surface area contributed by atoms with Crippen molar-refractivity contribution in [1.82, 2.24) is 0 Å². The van der Waals surface area contributed by atoms with E-state index in [1.165, 1.54) is 0 Å². The Bertz CT molecular complexity index is 57.0. The molecule has 0 radical (unpaired) electrons. The lowest BCUT2D eigenvalue weighted by atomic mass is 10.5. The third kappa shape index (κ3) is 8.27. The van der Waals surface area contributed by atoms with Crippen LogP contribution in [0.3, 0.4) is 0 Å². The molecule has 0 unspecified atom stereocenters. The zero-order valence-corrected chi connectivity index (χ0v) is 6.78. The second-order valence-electron chi connectivity index (χ2n) is 1.92. The van der Waals surface area contributed by atoms with Crippen LogP contribution in [0, 0.1) is 0 Å². The summed E-state index contributed by atoms with van der Waals surface area (Å²) >= 11 is 1.71. The number of ether oxygens (including phenoxy) is 1. The highest BCUT2D eigenvalue weighted by Crippen LogP contribution is 2.01. The third-order valence-electron chi connectivity index (χ3n) is 0.791. The van der Waals surface area contributed by atoms with E-state index in [9.17, 15) is 0 Å². The van der Waals surface area contributed by atoms with Gasteiger partial charge in [0.25, 0.3) is 0 Å². The van der Waals surface area contributed by atoms with Crippen LogP contribution in [-0.4, -0.2) is 36.4 Å². The Balaban J connectivity index is 2.75. The molecule has 1 N–H and O–H groups in total. The van der Waals surface area contributed by atoms with Crippen molar-refractivity contribution in [1.29, 1.82) is 0 Å². The Morgan fingerprint density at radius 2 is 2.33 bits per heavy atom. The molecule has 0 aliphatic heterocycles. The summed E-state index contributed by atoms with van der Waals surface area (Å²) in [6.45, 7) is 2.57. The second-order valence-corrected chi connectivity index (χ2v) is 3.07. The van der Waals surface area contributed by atoms with Crippen molar-refractivity contribution in [3.63, 3.8) is 0 Å². The van der Waals surface area contributed by atoms with E-state index in [2.05, 4.69) is 0 Å². The van der Waals surface area contributed by atoms with Crippen molar-refractivity contribution in [2.75, 3.05) is 25.2 Å². The first-order valence-corrected chi connectivity index (χ1v) is 4.17. The highest BCUT2D eigenvalue weighted by molar-refractivity contribution is 7.99. The van der Waals surface area contributed by atoms with Crippen molar-refractivity contribution in [3.8, 4) is 0 Å². The number of aliphatic hydroxyl groups excluding tert-OH is 1. The number of hydrogen-bond donors (Lipinski definition) is 1. The lowest BCUT2D eigenvalue weighted by Gasteiger charge is -2.01. The summed E-state index contributed by atoms with van der Waals surface area (Å²) in [4.78, 5) is 0. The van der Waals surface area contributed by atoms with Crippen molar-refractivity contribution >= 4 is 11.8 Å². The van der Waals surface area contributed by atoms with Gasteiger partial charge in [-0.15, -0.1) is 0 Å². The quantitative estimate of drug-likeness (QED) is 0.586. The van der Waals surface area contributed by atoms with Gasteiger partial charge >= 0.3 is 0 Å². The Kier molecular flexibility index (Phi) is 6.58. The standard InChI is InChI=1S/C6H14O2S/c1-6(7)5-9-4-3-8-2/h6-7H,3-5H2,1-2H3/t6-/m0/s1. The molecule has 0 rings (SSSR count). The smallest absolute Gasteiger partial charge is 0.0602 e. The van der Waals surface area contributed by atoms with Gasteiger partial charge in [-0.25, -0.2) is 0 Å². The maximum absolute atomic E-state index is 8.79. The molecular formula is C6H14O2S. The fourth-order valence-electron chi connectivity index (χ4n) is 0.396. The Morgan fingerprint density at radius 1 is 1.67 bits per heavy atom. The molecule has 0 fully saturated rings. The van der Waals surface area contributed by atoms with E-state index < -0.39 is 0 Å². The van der Waals surface area contributed by atoms with E-state index in [0.29, 0.717) is 0 Å². The number of hydrogen-bond acceptors (Lipinski definition) is 3. The van der Waals surface area contributed by atoms with Gasteiger partial charge in [0.1, 0.15) is 0 Å². The van der Waals surface area contributed by atoms with Crippen LogP contribution < -0.4 is 0 Å². The molecule has 0 saturated carbocycles. The molecule has 0 aliphatic rings. The van der Waals surface area contributed by atoms with Gasteiger partial charge in [-0.1, -0.05) is 0 Å². The van der Waals surface area contributed by atoms with Gasteiger partial charge in [-0.3, -0.25) is 0 Å². The molecule has 0 bridgehead atoms. The predicted octanol–water partition coefficient (Wildman–Crippen LogP) is 0.747. The fraction of sp³-hybridized carbons (Fsp3) is 1.00. The Hall–Kier alpha value is 0.270. The number of thioether (sulfide) groups is 1. The minimum Gasteiger partial charge on any atom is -0.393 e. The third-order valence-corrected chi connectivity index (χ3v) is 1.96. The zero-order valence-electron chi connectivity index (χ0n) is 5.96. The lowest BCUT2D eigenvalue weighted by molar-refractivity contribution is 0.215. The minimum atomic E-state index is -0.188. The average molecular weight is 150 g/mol. The van der Waals surface area contributed by atoms with E-state index >= 15 is 0 Å². The fourth-order valence-corrected chi connectivity index (χ4v) is 1.19. The maximum atomic E-state index is 8.79. The molecule has 2 nitrogen and oxygen atoms in total. The van der Waals surface area contributed by atoms with Gasteiger partial charge in [0, 0.05) is 18.6 Å². The monoisotopic (exact) mass is 150 g/mol. The molecule has 9 heavy (non-hydrogen) atoms. The summed E-state index contributed by atoms with van der Waals surface area (Å²) in [5.41, 5.74) is 0. The van der Waals surface area contributed by atoms with E-state index in [1.807, 2.05) is 0 Å². The summed E-state index contributed by atoms with van der Waals surface area (Å²) < 4.78 is 4.82. The van der Waals surface area contributed by atoms with E-state index in [1.54, 1.807) is 25.8 Å². The predicted molar refractivity (Wildman–Crippen MR) is 40.9 cm³/mol. The van der Waals surface area contributed by atoms with E-state index in [0.717, 1.165) is 18.1 Å². The van der Waals surface area contributed by atoms with Gasteiger partial charge in [0.15, 0.2) is 0 Å². The molecule has 3 heteroatoms. The largest absolute Gasteiger partial charge is 0.393 e. The number of aliphatic hydroxyl groups is 1. The molecule has 1 atom stereocenters. The normalized spacial score (nSPS) is 13.7. The minimum absolute atomic E-state index is 0.188. The summed E-state index contributed by atoms with van der Waals surface area (Å²) in [5.74, 6) is 1.78. The van der Waals surface area contributed by atoms with Gasteiger partial charge in [0.2, 0.25) is 0 Å². The molecular weight excluding hydrogens is 136 g/mol. The first-order valence-electron chi connectivity index (χ1n) is 3.02. The summed E-state index contributed by atoms with van der Waals surface area (Å²) in [6.07, 6.45) is -0.188. The summed E-state index contributed by atoms with van der Waals surface area (Å²) in [6, 6.07) is 0. The van der Waals surface area contributed by atoms with Gasteiger partial charge < -0.3 is 9.84 Å². The van der Waals surface area contributed by atoms with E-state index in [4.69, 9.17) is 9.84 Å². The van der Waals surface area contributed by atoms with Crippen LogP contribution in [0.25, 0.3) is 0 Å². The molecule has 0 aromatic rings. The van der Waals surface area contributed by atoms with Crippen LogP contribution in [-0.2, 0) is 4.74 Å². The Morgan fingerprint density at radius 3 is 2.78 bits per heavy atom. The van der Waals surface area contributed by atoms with E-state index in [-0.39, 0.29) is 6.10 Å². The van der Waals surface area contributed by atoms with Crippen LogP contribution in [0.15, 0.2) is 0 Å². The molecule has 0 aliphatic carbocycles. The van der Waals surface area contributed by atoms with Crippen molar-refractivity contribution in [2.45, 2.75) is 13.0 Å². The van der Waals surface area contributed by atoms with Crippen LogP contribution in [0.2, 0.25) is 0 Å². The van der Waals surface area contributed by atoms with Crippen molar-refractivity contribution < 1.29 is 9.84 Å². The highest BCUT2D eigenvalue weighted by atomic mass is 32.2. The second kappa shape index (κ2) is 6.39. The molecule has 0 aromatic carbocycles. The molecule has 0 heterocycles. The molecule has 56 valence electrons.